The van der Waals surface area contributed by atoms with E-state index in [2.05, 4.69) is 0 Å². The van der Waals surface area contributed by atoms with Crippen molar-refractivity contribution in [1.29, 1.82) is 5.41 Å². The van der Waals surface area contributed by atoms with Crippen LogP contribution < -0.4 is 5.73 Å². The molecule has 9 heteroatoms. The average Bonchev–Trinajstić information content (AvgIpc) is 2.28. The summed E-state index contributed by atoms with van der Waals surface area (Å²) in [7, 11) is 0. The molecular weight excluding hydrogens is 324 g/mol. The van der Waals surface area contributed by atoms with Gasteiger partial charge in [0.15, 0.2) is 0 Å². The highest BCUT2D eigenvalue weighted by Gasteiger charge is 2.44. The highest BCUT2D eigenvalue weighted by atomic mass is 35.6. The zero-order valence-electron chi connectivity index (χ0n) is 10.6. The van der Waals surface area contributed by atoms with Gasteiger partial charge in [-0.2, -0.15) is 0 Å². The maximum atomic E-state index is 13.3. The molecule has 1 heterocycles. The van der Waals surface area contributed by atoms with E-state index in [4.69, 9.17) is 55.4 Å². The maximum Gasteiger partial charge on any atom is 0.265 e. The number of nitrogens with two attached hydrogens (primary N) is 1. The van der Waals surface area contributed by atoms with Crippen LogP contribution in [0.25, 0.3) is 0 Å². The standard InChI is InChI=1S/C8H11Cl3F2N2O2.C2H6/c9-8(10,11)6(15)17-5-2-7(12,13)1-4(3-14)16-5;1-2/h4-5,15H,1-3,14H2;1-2H3. The Labute approximate surface area is 126 Å². The number of hydrogen-bond donors (Lipinski definition) is 2. The molecule has 0 aliphatic carbocycles. The Morgan fingerprint density at radius 2 is 1.95 bits per heavy atom. The highest BCUT2D eigenvalue weighted by molar-refractivity contribution is 6.76. The molecule has 0 bridgehead atoms. The molecule has 0 radical (unpaired) electrons. The molecule has 1 aliphatic heterocycles. The summed E-state index contributed by atoms with van der Waals surface area (Å²) < 4.78 is 34.3. The molecular formula is C10H17Cl3F2N2O2. The molecule has 2 unspecified atom stereocenters. The summed E-state index contributed by atoms with van der Waals surface area (Å²) in [4.78, 5) is 0. The predicted molar refractivity (Wildman–Crippen MR) is 72.3 cm³/mol. The minimum Gasteiger partial charge on any atom is -0.448 e. The first-order valence-electron chi connectivity index (χ1n) is 5.70. The van der Waals surface area contributed by atoms with Crippen LogP contribution in [0.2, 0.25) is 0 Å². The zero-order valence-corrected chi connectivity index (χ0v) is 12.8. The van der Waals surface area contributed by atoms with Gasteiger partial charge in [0, 0.05) is 13.0 Å². The van der Waals surface area contributed by atoms with Crippen LogP contribution in [0.1, 0.15) is 26.7 Å². The molecule has 0 aromatic carbocycles. The molecule has 114 valence electrons. The van der Waals surface area contributed by atoms with E-state index in [0.29, 0.717) is 0 Å². The zero-order chi connectivity index (χ0) is 15.3. The average molecular weight is 342 g/mol. The van der Waals surface area contributed by atoms with Gasteiger partial charge in [-0.25, -0.2) is 8.78 Å². The van der Waals surface area contributed by atoms with Crippen molar-refractivity contribution in [3.63, 3.8) is 0 Å². The molecule has 0 saturated carbocycles. The molecule has 1 aliphatic rings. The van der Waals surface area contributed by atoms with Gasteiger partial charge < -0.3 is 15.2 Å². The Kier molecular flexibility index (Phi) is 7.83. The molecule has 0 aromatic rings. The van der Waals surface area contributed by atoms with Crippen molar-refractivity contribution in [1.82, 2.24) is 0 Å². The van der Waals surface area contributed by atoms with Crippen LogP contribution in [-0.2, 0) is 9.47 Å². The van der Waals surface area contributed by atoms with E-state index in [1.165, 1.54) is 0 Å². The molecule has 1 rings (SSSR count). The Hall–Kier alpha value is 0.120. The fourth-order valence-electron chi connectivity index (χ4n) is 1.38. The van der Waals surface area contributed by atoms with Crippen LogP contribution in [0.15, 0.2) is 0 Å². The van der Waals surface area contributed by atoms with Crippen molar-refractivity contribution in [3.8, 4) is 0 Å². The normalized spacial score (nSPS) is 26.1. The molecule has 0 spiro atoms. The third-order valence-corrected chi connectivity index (χ3v) is 2.62. The summed E-state index contributed by atoms with van der Waals surface area (Å²) >= 11 is 16.1. The molecule has 1 fully saturated rings. The van der Waals surface area contributed by atoms with E-state index in [1.54, 1.807) is 0 Å². The number of nitrogens with one attached hydrogen (secondary N) is 1. The summed E-state index contributed by atoms with van der Waals surface area (Å²) in [6.07, 6.45) is -3.36. The molecule has 0 aromatic heterocycles. The van der Waals surface area contributed by atoms with Crippen molar-refractivity contribution in [3.05, 3.63) is 0 Å². The summed E-state index contributed by atoms with van der Waals surface area (Å²) in [6, 6.07) is 0. The second-order valence-electron chi connectivity index (χ2n) is 3.63. The van der Waals surface area contributed by atoms with Crippen molar-refractivity contribution >= 4 is 40.7 Å². The Bertz CT molecular complexity index is 301. The lowest BCUT2D eigenvalue weighted by molar-refractivity contribution is -0.223. The van der Waals surface area contributed by atoms with Crippen LogP contribution >= 0.6 is 34.8 Å². The first-order chi connectivity index (χ1) is 8.64. The monoisotopic (exact) mass is 340 g/mol. The Balaban J connectivity index is 0.00000154. The van der Waals surface area contributed by atoms with Gasteiger partial charge in [0.1, 0.15) is 0 Å². The summed E-state index contributed by atoms with van der Waals surface area (Å²) in [6.45, 7) is 3.93. The van der Waals surface area contributed by atoms with Crippen molar-refractivity contribution in [2.24, 2.45) is 5.73 Å². The third kappa shape index (κ3) is 6.90. The lowest BCUT2D eigenvalue weighted by Crippen LogP contribution is -2.45. The van der Waals surface area contributed by atoms with Gasteiger partial charge in [-0.15, -0.1) is 0 Å². The Morgan fingerprint density at radius 3 is 2.37 bits per heavy atom. The molecule has 0 amide bonds. The minimum absolute atomic E-state index is 0.0729. The molecule has 4 nitrogen and oxygen atoms in total. The van der Waals surface area contributed by atoms with E-state index in [9.17, 15) is 8.78 Å². The molecule has 3 N–H and O–H groups in total. The van der Waals surface area contributed by atoms with Crippen LogP contribution in [0.3, 0.4) is 0 Å². The van der Waals surface area contributed by atoms with Gasteiger partial charge in [0.05, 0.1) is 12.5 Å². The number of rotatable bonds is 2. The van der Waals surface area contributed by atoms with E-state index < -0.39 is 40.8 Å². The highest BCUT2D eigenvalue weighted by Crippen LogP contribution is 2.35. The number of alkyl halides is 5. The second-order valence-corrected chi connectivity index (χ2v) is 5.91. The lowest BCUT2D eigenvalue weighted by atomic mass is 10.0. The first kappa shape index (κ1) is 19.1. The topological polar surface area (TPSA) is 68.3 Å². The van der Waals surface area contributed by atoms with Gasteiger partial charge in [-0.3, -0.25) is 5.41 Å². The minimum atomic E-state index is -2.97. The second kappa shape index (κ2) is 7.78. The van der Waals surface area contributed by atoms with Gasteiger partial charge in [-0.1, -0.05) is 48.7 Å². The third-order valence-electron chi connectivity index (χ3n) is 2.11. The fourth-order valence-corrected chi connectivity index (χ4v) is 1.51. The van der Waals surface area contributed by atoms with Crippen LogP contribution in [0.4, 0.5) is 8.78 Å². The first-order valence-corrected chi connectivity index (χ1v) is 6.83. The SMILES string of the molecule is CC.N=C(OC1CC(F)(F)CC(CN)O1)C(Cl)(Cl)Cl. The summed E-state index contributed by atoms with van der Waals surface area (Å²) in [5, 5.41) is 7.25. The summed E-state index contributed by atoms with van der Waals surface area (Å²) in [5.74, 6) is -3.73. The van der Waals surface area contributed by atoms with Gasteiger partial charge in [-0.05, 0) is 0 Å². The Morgan fingerprint density at radius 1 is 1.42 bits per heavy atom. The van der Waals surface area contributed by atoms with E-state index >= 15 is 0 Å². The fraction of sp³-hybridized carbons (Fsp3) is 0.900. The maximum absolute atomic E-state index is 13.3. The largest absolute Gasteiger partial charge is 0.448 e. The number of ether oxygens (including phenoxy) is 2. The predicted octanol–water partition coefficient (Wildman–Crippen LogP) is 3.48. The van der Waals surface area contributed by atoms with E-state index in [-0.39, 0.29) is 6.54 Å². The van der Waals surface area contributed by atoms with Crippen molar-refractivity contribution in [2.45, 2.75) is 48.8 Å². The number of halogens is 5. The van der Waals surface area contributed by atoms with Crippen LogP contribution in [-0.4, -0.2) is 34.6 Å². The van der Waals surface area contributed by atoms with Gasteiger partial charge in [0.2, 0.25) is 12.2 Å². The number of hydrogen-bond acceptors (Lipinski definition) is 4. The molecule has 2 atom stereocenters. The van der Waals surface area contributed by atoms with Crippen molar-refractivity contribution in [2.75, 3.05) is 6.54 Å². The quantitative estimate of drug-likeness (QED) is 0.459. The van der Waals surface area contributed by atoms with E-state index in [0.717, 1.165) is 0 Å². The molecule has 1 saturated heterocycles. The van der Waals surface area contributed by atoms with Gasteiger partial charge >= 0.3 is 0 Å². The molecule has 19 heavy (non-hydrogen) atoms. The lowest BCUT2D eigenvalue weighted by Gasteiger charge is -2.35. The summed E-state index contributed by atoms with van der Waals surface area (Å²) in [5.41, 5.74) is 5.26. The van der Waals surface area contributed by atoms with Crippen LogP contribution in [0, 0.1) is 5.41 Å². The van der Waals surface area contributed by atoms with Gasteiger partial charge in [0.25, 0.3) is 9.72 Å². The smallest absolute Gasteiger partial charge is 0.265 e. The van der Waals surface area contributed by atoms with Crippen LogP contribution in [0.5, 0.6) is 0 Å². The van der Waals surface area contributed by atoms with Crippen molar-refractivity contribution < 1.29 is 18.3 Å². The van der Waals surface area contributed by atoms with E-state index in [1.807, 2.05) is 13.8 Å².